The topological polar surface area (TPSA) is 79.0 Å². The lowest BCUT2D eigenvalue weighted by molar-refractivity contribution is -0.140. The Morgan fingerprint density at radius 2 is 1.85 bits per heavy atom. The van der Waals surface area contributed by atoms with Crippen molar-refractivity contribution in [3.05, 3.63) is 35.9 Å². The molecule has 7 nitrogen and oxygen atoms in total. The van der Waals surface area contributed by atoms with E-state index < -0.39 is 10.0 Å². The van der Waals surface area contributed by atoms with Crippen molar-refractivity contribution < 1.29 is 17.9 Å². The standard InChI is InChI=1S/C17H25N3O4S.ClH/c1-14-16(18-7-12-24-14)17(21)19-8-10-20(11-9-19)25(22,23)13-15-5-3-2-4-6-15;/h2-6,14,16,18H,7-13H2,1H3;1H/t14-,16+;/m1./s1. The number of nitrogens with zero attached hydrogens (tertiary/aromatic N) is 2. The van der Waals surface area contributed by atoms with Crippen molar-refractivity contribution in [1.29, 1.82) is 0 Å². The van der Waals surface area contributed by atoms with Crippen molar-refractivity contribution in [2.24, 2.45) is 0 Å². The van der Waals surface area contributed by atoms with E-state index in [4.69, 9.17) is 4.74 Å². The lowest BCUT2D eigenvalue weighted by Gasteiger charge is -2.38. The van der Waals surface area contributed by atoms with Crippen LogP contribution in [0.2, 0.25) is 0 Å². The van der Waals surface area contributed by atoms with Crippen molar-refractivity contribution in [3.63, 3.8) is 0 Å². The molecule has 2 aliphatic rings. The fraction of sp³-hybridized carbons (Fsp3) is 0.588. The van der Waals surface area contributed by atoms with Crippen molar-refractivity contribution in [2.75, 3.05) is 39.3 Å². The molecule has 26 heavy (non-hydrogen) atoms. The Morgan fingerprint density at radius 3 is 2.46 bits per heavy atom. The third-order valence-corrected chi connectivity index (χ3v) is 6.57. The monoisotopic (exact) mass is 403 g/mol. The van der Waals surface area contributed by atoms with Crippen molar-refractivity contribution in [3.8, 4) is 0 Å². The van der Waals surface area contributed by atoms with E-state index in [0.29, 0.717) is 39.3 Å². The summed E-state index contributed by atoms with van der Waals surface area (Å²) in [6.45, 7) is 4.65. The maximum Gasteiger partial charge on any atom is 0.242 e. The molecule has 1 N–H and O–H groups in total. The summed E-state index contributed by atoms with van der Waals surface area (Å²) in [4.78, 5) is 14.4. The highest BCUT2D eigenvalue weighted by molar-refractivity contribution is 7.88. The lowest BCUT2D eigenvalue weighted by atomic mass is 10.1. The molecule has 2 atom stereocenters. The van der Waals surface area contributed by atoms with Crippen LogP contribution in [-0.4, -0.2) is 75.0 Å². The van der Waals surface area contributed by atoms with Gasteiger partial charge < -0.3 is 15.0 Å². The zero-order valence-corrected chi connectivity index (χ0v) is 16.5. The number of ether oxygens (including phenoxy) is 1. The third-order valence-electron chi connectivity index (χ3n) is 4.72. The van der Waals surface area contributed by atoms with Crippen LogP contribution in [-0.2, 0) is 25.3 Å². The quantitative estimate of drug-likeness (QED) is 0.790. The zero-order valence-electron chi connectivity index (χ0n) is 14.8. The summed E-state index contributed by atoms with van der Waals surface area (Å²) in [5.41, 5.74) is 0.776. The third kappa shape index (κ3) is 4.95. The SMILES string of the molecule is C[C@H]1OCCN[C@@H]1C(=O)N1CCN(S(=O)(=O)Cc2ccccc2)CC1.Cl. The highest BCUT2D eigenvalue weighted by atomic mass is 35.5. The Morgan fingerprint density at radius 1 is 1.19 bits per heavy atom. The molecule has 1 aromatic carbocycles. The average Bonchev–Trinajstić information content (AvgIpc) is 2.62. The smallest absolute Gasteiger partial charge is 0.242 e. The summed E-state index contributed by atoms with van der Waals surface area (Å²) < 4.78 is 32.2. The first-order valence-electron chi connectivity index (χ1n) is 8.63. The maximum atomic E-state index is 12.6. The molecule has 0 unspecified atom stereocenters. The molecule has 1 aromatic rings. The number of benzene rings is 1. The fourth-order valence-electron chi connectivity index (χ4n) is 3.27. The van der Waals surface area contributed by atoms with E-state index in [1.807, 2.05) is 37.3 Å². The highest BCUT2D eigenvalue weighted by Crippen LogP contribution is 2.15. The summed E-state index contributed by atoms with van der Waals surface area (Å²) in [7, 11) is -3.37. The molecule has 2 fully saturated rings. The second kappa shape index (κ2) is 9.14. The molecule has 1 amide bonds. The Balaban J connectivity index is 0.00000243. The molecule has 0 bridgehead atoms. The molecule has 2 aliphatic heterocycles. The molecule has 146 valence electrons. The number of amides is 1. The fourth-order valence-corrected chi connectivity index (χ4v) is 4.78. The predicted octanol–water partition coefficient (Wildman–Crippen LogP) is 0.459. The molecule has 2 saturated heterocycles. The minimum Gasteiger partial charge on any atom is -0.375 e. The van der Waals surface area contributed by atoms with Crippen molar-refractivity contribution in [1.82, 2.24) is 14.5 Å². The summed E-state index contributed by atoms with van der Waals surface area (Å²) in [6, 6.07) is 8.82. The van der Waals surface area contributed by atoms with Crippen LogP contribution < -0.4 is 5.32 Å². The number of halogens is 1. The number of sulfonamides is 1. The molecule has 0 aromatic heterocycles. The van der Waals surface area contributed by atoms with Crippen LogP contribution in [0, 0.1) is 0 Å². The number of hydrogen-bond acceptors (Lipinski definition) is 5. The van der Waals surface area contributed by atoms with Gasteiger partial charge in [-0.05, 0) is 12.5 Å². The van der Waals surface area contributed by atoms with Crippen LogP contribution in [0.3, 0.4) is 0 Å². The zero-order chi connectivity index (χ0) is 17.9. The van der Waals surface area contributed by atoms with Crippen molar-refractivity contribution in [2.45, 2.75) is 24.8 Å². The number of carbonyl (C=O) groups is 1. The van der Waals surface area contributed by atoms with Crippen LogP contribution in [0.25, 0.3) is 0 Å². The maximum absolute atomic E-state index is 12.6. The van der Waals surface area contributed by atoms with Crippen LogP contribution in [0.15, 0.2) is 30.3 Å². The second-order valence-electron chi connectivity index (χ2n) is 6.47. The molecule has 0 aliphatic carbocycles. The molecule has 9 heteroatoms. The van der Waals surface area contributed by atoms with Crippen LogP contribution in [0.4, 0.5) is 0 Å². The number of hydrogen-bond donors (Lipinski definition) is 1. The van der Waals surface area contributed by atoms with E-state index in [1.54, 1.807) is 4.90 Å². The Bertz CT molecular complexity index is 693. The van der Waals surface area contributed by atoms with Gasteiger partial charge in [-0.1, -0.05) is 30.3 Å². The van der Waals surface area contributed by atoms with E-state index in [0.717, 1.165) is 5.56 Å². The van der Waals surface area contributed by atoms with E-state index >= 15 is 0 Å². The molecular formula is C17H26ClN3O4S. The number of rotatable bonds is 4. The first-order valence-corrected chi connectivity index (χ1v) is 10.2. The van der Waals surface area contributed by atoms with Crippen LogP contribution in [0.5, 0.6) is 0 Å². The normalized spacial score (nSPS) is 24.7. The van der Waals surface area contributed by atoms with Gasteiger partial charge in [0.2, 0.25) is 15.9 Å². The van der Waals surface area contributed by atoms with Gasteiger partial charge in [0, 0.05) is 32.7 Å². The Kier molecular flexibility index (Phi) is 7.42. The van der Waals surface area contributed by atoms with Gasteiger partial charge in [0.15, 0.2) is 0 Å². The van der Waals surface area contributed by atoms with Crippen molar-refractivity contribution >= 4 is 28.3 Å². The number of nitrogens with one attached hydrogen (secondary N) is 1. The molecule has 0 spiro atoms. The van der Waals surface area contributed by atoms with E-state index in [-0.39, 0.29) is 36.2 Å². The largest absolute Gasteiger partial charge is 0.375 e. The number of carbonyl (C=O) groups excluding carboxylic acids is 1. The number of morpholine rings is 1. The molecule has 0 radical (unpaired) electrons. The summed E-state index contributed by atoms with van der Waals surface area (Å²) in [6.07, 6.45) is -0.166. The minimum atomic E-state index is -3.37. The summed E-state index contributed by atoms with van der Waals surface area (Å²) >= 11 is 0. The Hall–Kier alpha value is -1.19. The highest BCUT2D eigenvalue weighted by Gasteiger charge is 2.35. The number of piperazine rings is 1. The van der Waals surface area contributed by atoms with Gasteiger partial charge >= 0.3 is 0 Å². The minimum absolute atomic E-state index is 0. The second-order valence-corrected chi connectivity index (χ2v) is 8.44. The van der Waals surface area contributed by atoms with Gasteiger partial charge in [0.05, 0.1) is 18.5 Å². The first kappa shape index (κ1) is 21.1. The first-order chi connectivity index (χ1) is 12.0. The lowest BCUT2D eigenvalue weighted by Crippen LogP contribution is -2.60. The average molecular weight is 404 g/mol. The van der Waals surface area contributed by atoms with Gasteiger partial charge in [-0.3, -0.25) is 4.79 Å². The van der Waals surface area contributed by atoms with Gasteiger partial charge in [-0.2, -0.15) is 4.31 Å². The van der Waals surface area contributed by atoms with Gasteiger partial charge in [0.25, 0.3) is 0 Å². The van der Waals surface area contributed by atoms with E-state index in [2.05, 4.69) is 5.32 Å². The molecule has 0 saturated carbocycles. The molecule has 3 rings (SSSR count). The van der Waals surface area contributed by atoms with Gasteiger partial charge in [0.1, 0.15) is 6.04 Å². The van der Waals surface area contributed by atoms with E-state index in [1.165, 1.54) is 4.31 Å². The van der Waals surface area contributed by atoms with E-state index in [9.17, 15) is 13.2 Å². The predicted molar refractivity (Wildman–Crippen MR) is 102 cm³/mol. The van der Waals surface area contributed by atoms with Gasteiger partial charge in [-0.25, -0.2) is 8.42 Å². The Labute approximate surface area is 161 Å². The molecular weight excluding hydrogens is 378 g/mol. The van der Waals surface area contributed by atoms with Gasteiger partial charge in [-0.15, -0.1) is 12.4 Å². The van der Waals surface area contributed by atoms with Crippen LogP contribution >= 0.6 is 12.4 Å². The van der Waals surface area contributed by atoms with Crippen LogP contribution in [0.1, 0.15) is 12.5 Å². The summed E-state index contributed by atoms with van der Waals surface area (Å²) in [5.74, 6) is -0.0103. The molecule has 2 heterocycles. The summed E-state index contributed by atoms with van der Waals surface area (Å²) in [5, 5.41) is 3.19.